The molecule has 5 heteroatoms. The highest BCUT2D eigenvalue weighted by molar-refractivity contribution is 7.11. The van der Waals surface area contributed by atoms with Crippen molar-refractivity contribution in [2.24, 2.45) is 5.73 Å². The van der Waals surface area contributed by atoms with E-state index in [1.54, 1.807) is 0 Å². The molecule has 4 nitrogen and oxygen atoms in total. The number of hydrogen-bond acceptors (Lipinski definition) is 4. The van der Waals surface area contributed by atoms with Gasteiger partial charge in [0.15, 0.2) is 0 Å². The third-order valence-corrected chi connectivity index (χ3v) is 6.50. The van der Waals surface area contributed by atoms with Gasteiger partial charge in [0.25, 0.3) is 0 Å². The Morgan fingerprint density at radius 1 is 1.39 bits per heavy atom. The molecule has 3 rings (SSSR count). The summed E-state index contributed by atoms with van der Waals surface area (Å²) in [6.45, 7) is 5.60. The molecule has 1 aromatic rings. The first kappa shape index (κ1) is 16.9. The minimum Gasteiger partial charge on any atom is -0.340 e. The normalized spacial score (nSPS) is 24.1. The van der Waals surface area contributed by atoms with Crippen molar-refractivity contribution in [3.05, 3.63) is 15.6 Å². The van der Waals surface area contributed by atoms with E-state index in [9.17, 15) is 4.79 Å². The van der Waals surface area contributed by atoms with Crippen LogP contribution in [0.2, 0.25) is 0 Å². The summed E-state index contributed by atoms with van der Waals surface area (Å²) in [5, 5.41) is 1.25. The van der Waals surface area contributed by atoms with E-state index < -0.39 is 5.54 Å². The summed E-state index contributed by atoms with van der Waals surface area (Å²) in [6.07, 6.45) is 8.79. The van der Waals surface area contributed by atoms with Gasteiger partial charge in [-0.2, -0.15) is 0 Å². The van der Waals surface area contributed by atoms with E-state index in [4.69, 9.17) is 10.7 Å². The third kappa shape index (κ3) is 3.61. The molecule has 2 unspecified atom stereocenters. The van der Waals surface area contributed by atoms with Crippen LogP contribution in [0.3, 0.4) is 0 Å². The first-order valence-corrected chi connectivity index (χ1v) is 9.89. The topological polar surface area (TPSA) is 59.2 Å². The highest BCUT2D eigenvalue weighted by atomic mass is 32.1. The van der Waals surface area contributed by atoms with Gasteiger partial charge in [-0.3, -0.25) is 4.79 Å². The number of aryl methyl sites for hydroxylation is 2. The number of thiazole rings is 1. The van der Waals surface area contributed by atoms with Gasteiger partial charge in [0.2, 0.25) is 5.91 Å². The molecule has 1 aliphatic carbocycles. The van der Waals surface area contributed by atoms with Gasteiger partial charge in [-0.25, -0.2) is 4.98 Å². The summed E-state index contributed by atoms with van der Waals surface area (Å²) in [6, 6.07) is 0. The zero-order valence-electron chi connectivity index (χ0n) is 14.4. The Morgan fingerprint density at radius 3 is 2.91 bits per heavy atom. The van der Waals surface area contributed by atoms with Crippen molar-refractivity contribution in [2.75, 3.05) is 13.1 Å². The lowest BCUT2D eigenvalue weighted by Gasteiger charge is -2.37. The molecule has 1 amide bonds. The van der Waals surface area contributed by atoms with Gasteiger partial charge >= 0.3 is 0 Å². The van der Waals surface area contributed by atoms with E-state index in [-0.39, 0.29) is 5.91 Å². The lowest BCUT2D eigenvalue weighted by Crippen LogP contribution is -2.55. The quantitative estimate of drug-likeness (QED) is 0.919. The van der Waals surface area contributed by atoms with Gasteiger partial charge in [-0.05, 0) is 51.9 Å². The Hall–Kier alpha value is -0.940. The molecule has 0 aromatic carbocycles. The molecule has 1 fully saturated rings. The molecule has 0 bridgehead atoms. The van der Waals surface area contributed by atoms with E-state index in [1.165, 1.54) is 34.8 Å². The minimum absolute atomic E-state index is 0.116. The number of amides is 1. The first-order chi connectivity index (χ1) is 11.0. The summed E-state index contributed by atoms with van der Waals surface area (Å²) < 4.78 is 0. The van der Waals surface area contributed by atoms with Crippen LogP contribution in [0.15, 0.2) is 0 Å². The fourth-order valence-electron chi connectivity index (χ4n) is 3.90. The molecule has 0 spiro atoms. The molecule has 1 saturated heterocycles. The molecule has 1 aromatic heterocycles. The summed E-state index contributed by atoms with van der Waals surface area (Å²) in [5.41, 5.74) is 6.87. The van der Waals surface area contributed by atoms with Crippen molar-refractivity contribution >= 4 is 17.2 Å². The number of aromatic nitrogens is 1. The number of carbonyl (C=O) groups excluding carboxylic acids is 1. The van der Waals surface area contributed by atoms with Gasteiger partial charge in [0.05, 0.1) is 16.2 Å². The van der Waals surface area contributed by atoms with Gasteiger partial charge in [-0.1, -0.05) is 13.3 Å². The van der Waals surface area contributed by atoms with Crippen LogP contribution in [0.4, 0.5) is 0 Å². The second-order valence-corrected chi connectivity index (χ2v) is 8.50. The van der Waals surface area contributed by atoms with Crippen LogP contribution in [0.5, 0.6) is 0 Å². The highest BCUT2D eigenvalue weighted by Gasteiger charge is 2.35. The third-order valence-electron chi connectivity index (χ3n) is 5.18. The Kier molecular flexibility index (Phi) is 5.07. The predicted molar refractivity (Wildman–Crippen MR) is 94.8 cm³/mol. The van der Waals surface area contributed by atoms with Crippen LogP contribution in [0, 0.1) is 0 Å². The number of nitrogens with two attached hydrogens (primary N) is 1. The smallest absolute Gasteiger partial charge is 0.242 e. The molecule has 0 radical (unpaired) electrons. The number of hydrogen-bond donors (Lipinski definition) is 1. The first-order valence-electron chi connectivity index (χ1n) is 9.08. The van der Waals surface area contributed by atoms with E-state index in [0.717, 1.165) is 45.2 Å². The molecular weight excluding hydrogens is 306 g/mol. The molecule has 23 heavy (non-hydrogen) atoms. The monoisotopic (exact) mass is 335 g/mol. The fourth-order valence-corrected chi connectivity index (χ4v) is 5.18. The molecule has 2 atom stereocenters. The maximum Gasteiger partial charge on any atom is 0.242 e. The number of nitrogens with zero attached hydrogens (tertiary/aromatic N) is 2. The van der Waals surface area contributed by atoms with Crippen molar-refractivity contribution in [3.63, 3.8) is 0 Å². The van der Waals surface area contributed by atoms with E-state index in [1.807, 2.05) is 23.2 Å². The van der Waals surface area contributed by atoms with Crippen LogP contribution < -0.4 is 5.73 Å². The molecule has 128 valence electrons. The highest BCUT2D eigenvalue weighted by Crippen LogP contribution is 2.35. The van der Waals surface area contributed by atoms with Gasteiger partial charge in [0, 0.05) is 23.9 Å². The Bertz CT molecular complexity index is 543. The number of piperidine rings is 1. The van der Waals surface area contributed by atoms with Crippen molar-refractivity contribution in [2.45, 2.75) is 76.7 Å². The van der Waals surface area contributed by atoms with E-state index in [0.29, 0.717) is 5.92 Å². The average molecular weight is 336 g/mol. The summed E-state index contributed by atoms with van der Waals surface area (Å²) >= 11 is 1.89. The second kappa shape index (κ2) is 6.89. The number of carbonyl (C=O) groups is 1. The van der Waals surface area contributed by atoms with Gasteiger partial charge < -0.3 is 10.6 Å². The maximum absolute atomic E-state index is 12.8. The zero-order chi connectivity index (χ0) is 16.4. The van der Waals surface area contributed by atoms with Crippen LogP contribution in [0.1, 0.15) is 73.9 Å². The van der Waals surface area contributed by atoms with Crippen molar-refractivity contribution in [1.82, 2.24) is 9.88 Å². The van der Waals surface area contributed by atoms with E-state index >= 15 is 0 Å². The van der Waals surface area contributed by atoms with Crippen molar-refractivity contribution in [3.8, 4) is 0 Å². The van der Waals surface area contributed by atoms with Crippen LogP contribution >= 0.6 is 11.3 Å². The standard InChI is InChI=1S/C18H29N3OS/c1-3-10-18(2,19)17(22)21-11-6-7-13(12-21)16-20-14-8-4-5-9-15(14)23-16/h13H,3-12,19H2,1-2H3. The maximum atomic E-state index is 12.8. The lowest BCUT2D eigenvalue weighted by molar-refractivity contribution is -0.137. The zero-order valence-corrected chi connectivity index (χ0v) is 15.3. The molecule has 2 heterocycles. The van der Waals surface area contributed by atoms with Crippen LogP contribution in [-0.2, 0) is 17.6 Å². The minimum atomic E-state index is -0.723. The summed E-state index contributed by atoms with van der Waals surface area (Å²) in [7, 11) is 0. The lowest BCUT2D eigenvalue weighted by atomic mass is 9.92. The summed E-state index contributed by atoms with van der Waals surface area (Å²) in [5.74, 6) is 0.520. The van der Waals surface area contributed by atoms with Crippen molar-refractivity contribution in [1.29, 1.82) is 0 Å². The second-order valence-electron chi connectivity index (χ2n) is 7.39. The fraction of sp³-hybridized carbons (Fsp3) is 0.778. The number of fused-ring (bicyclic) bond motifs is 1. The Labute approximate surface area is 143 Å². The predicted octanol–water partition coefficient (Wildman–Crippen LogP) is 3.25. The van der Waals surface area contributed by atoms with Crippen LogP contribution in [0.25, 0.3) is 0 Å². The molecule has 1 aliphatic heterocycles. The largest absolute Gasteiger partial charge is 0.340 e. The molecule has 0 saturated carbocycles. The molecule has 2 N–H and O–H groups in total. The number of rotatable bonds is 4. The Balaban J connectivity index is 1.71. The summed E-state index contributed by atoms with van der Waals surface area (Å²) in [4.78, 5) is 21.2. The number of likely N-dealkylation sites (tertiary alicyclic amines) is 1. The Morgan fingerprint density at radius 2 is 2.17 bits per heavy atom. The van der Waals surface area contributed by atoms with E-state index in [2.05, 4.69) is 6.92 Å². The average Bonchev–Trinajstić information content (AvgIpc) is 2.98. The van der Waals surface area contributed by atoms with Gasteiger partial charge in [0.1, 0.15) is 0 Å². The van der Waals surface area contributed by atoms with Gasteiger partial charge in [-0.15, -0.1) is 11.3 Å². The van der Waals surface area contributed by atoms with Crippen LogP contribution in [-0.4, -0.2) is 34.4 Å². The molecule has 2 aliphatic rings. The van der Waals surface area contributed by atoms with Crippen molar-refractivity contribution < 1.29 is 4.79 Å². The SMILES string of the molecule is CCCC(C)(N)C(=O)N1CCCC(c2nc3c(s2)CCCC3)C1. The molecular formula is C18H29N3OS.